The van der Waals surface area contributed by atoms with Crippen LogP contribution in [0.15, 0.2) is 0 Å². The lowest BCUT2D eigenvalue weighted by Gasteiger charge is -2.54. The van der Waals surface area contributed by atoms with Gasteiger partial charge >= 0.3 is 6.03 Å². The summed E-state index contributed by atoms with van der Waals surface area (Å²) in [5, 5.41) is 12.4. The Kier molecular flexibility index (Phi) is 4.41. The highest BCUT2D eigenvalue weighted by atomic mass is 16.5. The molecule has 0 saturated heterocycles. The number of carbonyl (C=O) groups excluding carboxylic acids is 1. The molecule has 2 N–H and O–H groups in total. The highest BCUT2D eigenvalue weighted by molar-refractivity contribution is 5.75. The third kappa shape index (κ3) is 2.78. The van der Waals surface area contributed by atoms with E-state index in [1.807, 2.05) is 11.8 Å². The van der Waals surface area contributed by atoms with Crippen molar-refractivity contribution >= 4 is 6.03 Å². The number of amides is 2. The average molecular weight is 296 g/mol. The van der Waals surface area contributed by atoms with E-state index in [0.717, 1.165) is 25.9 Å². The quantitative estimate of drug-likeness (QED) is 0.787. The molecule has 3 aliphatic carbocycles. The molecule has 3 aliphatic rings. The molecule has 0 heterocycles. The van der Waals surface area contributed by atoms with E-state index in [-0.39, 0.29) is 24.1 Å². The number of ether oxygens (including phenoxy) is 1. The maximum atomic E-state index is 12.5. The number of carbonyl (C=O) groups is 1. The van der Waals surface area contributed by atoms with Crippen molar-refractivity contribution in [1.82, 2.24) is 10.2 Å². The molecule has 1 spiro atoms. The van der Waals surface area contributed by atoms with Crippen LogP contribution in [0.25, 0.3) is 0 Å². The van der Waals surface area contributed by atoms with Gasteiger partial charge in [-0.2, -0.15) is 0 Å². The van der Waals surface area contributed by atoms with E-state index in [9.17, 15) is 4.79 Å². The van der Waals surface area contributed by atoms with Gasteiger partial charge in [0, 0.05) is 30.7 Å². The molecule has 0 unspecified atom stereocenters. The molecule has 3 rings (SSSR count). The average Bonchev–Trinajstić information content (AvgIpc) is 3.17. The van der Waals surface area contributed by atoms with Gasteiger partial charge in [-0.1, -0.05) is 12.8 Å². The zero-order valence-electron chi connectivity index (χ0n) is 13.0. The molecule has 0 aromatic heterocycles. The van der Waals surface area contributed by atoms with Crippen molar-refractivity contribution in [2.45, 2.75) is 70.1 Å². The summed E-state index contributed by atoms with van der Waals surface area (Å²) in [5.74, 6) is 0. The summed E-state index contributed by atoms with van der Waals surface area (Å²) in [6.07, 6.45) is 8.26. The lowest BCUT2D eigenvalue weighted by molar-refractivity contribution is -0.127. The molecule has 2 atom stereocenters. The Morgan fingerprint density at radius 1 is 1.38 bits per heavy atom. The van der Waals surface area contributed by atoms with Gasteiger partial charge < -0.3 is 20.1 Å². The summed E-state index contributed by atoms with van der Waals surface area (Å²) < 4.78 is 5.89. The van der Waals surface area contributed by atoms with E-state index in [4.69, 9.17) is 9.84 Å². The third-order valence-corrected chi connectivity index (χ3v) is 5.57. The van der Waals surface area contributed by atoms with Crippen LogP contribution in [-0.2, 0) is 4.74 Å². The predicted molar refractivity (Wildman–Crippen MR) is 80.1 cm³/mol. The van der Waals surface area contributed by atoms with Crippen molar-refractivity contribution in [3.8, 4) is 0 Å². The number of nitrogens with one attached hydrogen (secondary N) is 1. The molecule has 0 aliphatic heterocycles. The first-order chi connectivity index (χ1) is 10.2. The summed E-state index contributed by atoms with van der Waals surface area (Å²) in [6.45, 7) is 3.29. The number of rotatable bonds is 6. The zero-order valence-corrected chi connectivity index (χ0v) is 13.0. The van der Waals surface area contributed by atoms with Crippen LogP contribution in [0.3, 0.4) is 0 Å². The van der Waals surface area contributed by atoms with Crippen molar-refractivity contribution in [1.29, 1.82) is 0 Å². The fourth-order valence-corrected chi connectivity index (χ4v) is 4.26. The number of hydrogen-bond acceptors (Lipinski definition) is 3. The molecule has 0 bridgehead atoms. The number of aliphatic hydroxyl groups excluding tert-OH is 1. The highest BCUT2D eigenvalue weighted by Crippen LogP contribution is 2.54. The third-order valence-electron chi connectivity index (χ3n) is 5.57. The lowest BCUT2D eigenvalue weighted by Crippen LogP contribution is -2.65. The Balaban J connectivity index is 1.60. The lowest BCUT2D eigenvalue weighted by atomic mass is 9.60. The van der Waals surface area contributed by atoms with Crippen LogP contribution in [0.5, 0.6) is 0 Å². The standard InChI is InChI=1S/C16H28N2O3/c1-2-21-14-11-13(16(14)7-3-4-8-16)17-15(20)18(9-10-19)12-5-6-12/h12-14,19H,2-11H2,1H3,(H,17,20)/t13-,14+/m0/s1. The molecule has 3 saturated carbocycles. The molecular weight excluding hydrogens is 268 g/mol. The molecular formula is C16H28N2O3. The first-order valence-corrected chi connectivity index (χ1v) is 8.51. The van der Waals surface area contributed by atoms with Crippen molar-refractivity contribution in [2.24, 2.45) is 5.41 Å². The van der Waals surface area contributed by atoms with E-state index >= 15 is 0 Å². The predicted octanol–water partition coefficient (Wildman–Crippen LogP) is 1.89. The summed E-state index contributed by atoms with van der Waals surface area (Å²) in [5.41, 5.74) is 0.181. The molecule has 5 nitrogen and oxygen atoms in total. The Hall–Kier alpha value is -0.810. The summed E-state index contributed by atoms with van der Waals surface area (Å²) in [4.78, 5) is 14.3. The molecule has 0 radical (unpaired) electrons. The minimum absolute atomic E-state index is 0.0118. The van der Waals surface area contributed by atoms with Crippen molar-refractivity contribution in [3.05, 3.63) is 0 Å². The van der Waals surface area contributed by atoms with Crippen LogP contribution in [-0.4, -0.2) is 54.0 Å². The van der Waals surface area contributed by atoms with Gasteiger partial charge in [-0.15, -0.1) is 0 Å². The Bertz CT molecular complexity index is 378. The van der Waals surface area contributed by atoms with Crippen molar-refractivity contribution in [3.63, 3.8) is 0 Å². The largest absolute Gasteiger partial charge is 0.395 e. The SMILES string of the molecule is CCO[C@@H]1C[C@H](NC(=O)N(CCO)C2CC2)C12CCCC2. The molecule has 3 fully saturated rings. The summed E-state index contributed by atoms with van der Waals surface area (Å²) >= 11 is 0. The Morgan fingerprint density at radius 2 is 2.10 bits per heavy atom. The molecule has 0 aromatic rings. The van der Waals surface area contributed by atoms with E-state index in [2.05, 4.69) is 5.32 Å². The first-order valence-electron chi connectivity index (χ1n) is 8.51. The molecule has 5 heteroatoms. The fourth-order valence-electron chi connectivity index (χ4n) is 4.26. The number of nitrogens with zero attached hydrogens (tertiary/aromatic N) is 1. The number of hydrogen-bond donors (Lipinski definition) is 2. The number of aliphatic hydroxyl groups is 1. The number of urea groups is 1. The molecule has 21 heavy (non-hydrogen) atoms. The van der Waals surface area contributed by atoms with Crippen molar-refractivity contribution in [2.75, 3.05) is 19.8 Å². The highest BCUT2D eigenvalue weighted by Gasteiger charge is 2.57. The van der Waals surface area contributed by atoms with Crippen LogP contribution in [0.1, 0.15) is 51.9 Å². The van der Waals surface area contributed by atoms with E-state index in [1.54, 1.807) is 0 Å². The second-order valence-corrected chi connectivity index (χ2v) is 6.77. The zero-order chi connectivity index (χ0) is 14.9. The second kappa shape index (κ2) is 6.13. The van der Waals surface area contributed by atoms with E-state index in [0.29, 0.717) is 18.7 Å². The van der Waals surface area contributed by atoms with E-state index in [1.165, 1.54) is 25.7 Å². The minimum atomic E-state index is 0.0118. The summed E-state index contributed by atoms with van der Waals surface area (Å²) in [6, 6.07) is 0.612. The van der Waals surface area contributed by atoms with Gasteiger partial charge in [-0.05, 0) is 39.0 Å². The summed E-state index contributed by atoms with van der Waals surface area (Å²) in [7, 11) is 0. The van der Waals surface area contributed by atoms with Gasteiger partial charge in [0.15, 0.2) is 0 Å². The van der Waals surface area contributed by atoms with Crippen LogP contribution in [0, 0.1) is 5.41 Å². The normalized spacial score (nSPS) is 30.2. The topological polar surface area (TPSA) is 61.8 Å². The van der Waals surface area contributed by atoms with Gasteiger partial charge in [0.2, 0.25) is 0 Å². The van der Waals surface area contributed by atoms with Gasteiger partial charge in [0.1, 0.15) is 0 Å². The maximum Gasteiger partial charge on any atom is 0.317 e. The Morgan fingerprint density at radius 3 is 2.67 bits per heavy atom. The van der Waals surface area contributed by atoms with Gasteiger partial charge in [-0.3, -0.25) is 0 Å². The minimum Gasteiger partial charge on any atom is -0.395 e. The fraction of sp³-hybridized carbons (Fsp3) is 0.938. The monoisotopic (exact) mass is 296 g/mol. The van der Waals surface area contributed by atoms with Crippen LogP contribution in [0.2, 0.25) is 0 Å². The van der Waals surface area contributed by atoms with Gasteiger partial charge in [0.05, 0.1) is 12.7 Å². The van der Waals surface area contributed by atoms with Crippen molar-refractivity contribution < 1.29 is 14.6 Å². The first kappa shape index (κ1) is 15.1. The second-order valence-electron chi connectivity index (χ2n) is 6.77. The molecule has 120 valence electrons. The van der Waals surface area contributed by atoms with Crippen LogP contribution < -0.4 is 5.32 Å². The van der Waals surface area contributed by atoms with E-state index < -0.39 is 0 Å². The van der Waals surface area contributed by atoms with Crippen LogP contribution in [0.4, 0.5) is 4.79 Å². The van der Waals surface area contributed by atoms with Gasteiger partial charge in [0.25, 0.3) is 0 Å². The maximum absolute atomic E-state index is 12.5. The van der Waals surface area contributed by atoms with Gasteiger partial charge in [-0.25, -0.2) is 4.79 Å². The Labute approximate surface area is 127 Å². The van der Waals surface area contributed by atoms with Crippen LogP contribution >= 0.6 is 0 Å². The smallest absolute Gasteiger partial charge is 0.317 e. The molecule has 0 aromatic carbocycles. The molecule has 2 amide bonds.